The lowest BCUT2D eigenvalue weighted by molar-refractivity contribution is -0.133. The first-order valence-corrected chi connectivity index (χ1v) is 6.25. The van der Waals surface area contributed by atoms with E-state index in [0.717, 1.165) is 5.56 Å². The standard InChI is InChI=1S/C12H11N3O3S/c1-7-2-3-9(16)8(6-7)14-10(17)11(18)15-12-13-4-5-19-12/h2-6,16H,1H3,(H,14,17)(H,13,15,18). The van der Waals surface area contributed by atoms with Crippen LogP contribution in [0.2, 0.25) is 0 Å². The van der Waals surface area contributed by atoms with Gasteiger partial charge in [0.1, 0.15) is 5.75 Å². The summed E-state index contributed by atoms with van der Waals surface area (Å²) in [5, 5.41) is 16.3. The normalized spacial score (nSPS) is 9.95. The van der Waals surface area contributed by atoms with E-state index in [4.69, 9.17) is 0 Å². The summed E-state index contributed by atoms with van der Waals surface area (Å²) in [7, 11) is 0. The van der Waals surface area contributed by atoms with Crippen molar-refractivity contribution in [1.29, 1.82) is 0 Å². The minimum Gasteiger partial charge on any atom is -0.506 e. The summed E-state index contributed by atoms with van der Waals surface area (Å²) in [5.74, 6) is -1.80. The van der Waals surface area contributed by atoms with E-state index in [9.17, 15) is 14.7 Å². The lowest BCUT2D eigenvalue weighted by atomic mass is 10.2. The average Bonchev–Trinajstić information content (AvgIpc) is 2.86. The van der Waals surface area contributed by atoms with Crippen molar-refractivity contribution in [1.82, 2.24) is 4.98 Å². The molecule has 98 valence electrons. The molecule has 7 heteroatoms. The predicted octanol–water partition coefficient (Wildman–Crippen LogP) is 1.73. The van der Waals surface area contributed by atoms with E-state index in [1.54, 1.807) is 17.5 Å². The molecule has 0 saturated heterocycles. The Balaban J connectivity index is 2.04. The van der Waals surface area contributed by atoms with Crippen molar-refractivity contribution in [3.8, 4) is 5.75 Å². The van der Waals surface area contributed by atoms with Crippen LogP contribution in [0.5, 0.6) is 5.75 Å². The minimum atomic E-state index is -0.865. The van der Waals surface area contributed by atoms with Crippen LogP contribution in [0.15, 0.2) is 29.8 Å². The van der Waals surface area contributed by atoms with E-state index in [1.807, 2.05) is 6.92 Å². The fourth-order valence-corrected chi connectivity index (χ4v) is 1.89. The molecule has 1 heterocycles. The summed E-state index contributed by atoms with van der Waals surface area (Å²) in [5.41, 5.74) is 1.05. The number of anilines is 2. The molecule has 6 nitrogen and oxygen atoms in total. The van der Waals surface area contributed by atoms with Crippen LogP contribution in [0, 0.1) is 6.92 Å². The summed E-state index contributed by atoms with van der Waals surface area (Å²) < 4.78 is 0. The number of amides is 2. The van der Waals surface area contributed by atoms with E-state index in [0.29, 0.717) is 5.13 Å². The van der Waals surface area contributed by atoms with E-state index < -0.39 is 11.8 Å². The molecule has 0 bridgehead atoms. The molecular weight excluding hydrogens is 266 g/mol. The number of thiazole rings is 1. The topological polar surface area (TPSA) is 91.3 Å². The molecule has 3 N–H and O–H groups in total. The van der Waals surface area contributed by atoms with Gasteiger partial charge >= 0.3 is 11.8 Å². The SMILES string of the molecule is Cc1ccc(O)c(NC(=O)C(=O)Nc2nccs2)c1. The van der Waals surface area contributed by atoms with Gasteiger partial charge in [-0.15, -0.1) is 11.3 Å². The maximum atomic E-state index is 11.6. The monoisotopic (exact) mass is 277 g/mol. The Kier molecular flexibility index (Phi) is 3.76. The molecule has 0 aliphatic carbocycles. The van der Waals surface area contributed by atoms with Crippen LogP contribution in [-0.4, -0.2) is 21.9 Å². The van der Waals surface area contributed by atoms with E-state index >= 15 is 0 Å². The van der Waals surface area contributed by atoms with Crippen molar-refractivity contribution in [3.05, 3.63) is 35.3 Å². The molecule has 2 aromatic rings. The molecule has 2 amide bonds. The van der Waals surface area contributed by atoms with E-state index in [-0.39, 0.29) is 11.4 Å². The Morgan fingerprint density at radius 2 is 2.00 bits per heavy atom. The Morgan fingerprint density at radius 3 is 2.68 bits per heavy atom. The van der Waals surface area contributed by atoms with Crippen LogP contribution in [0.1, 0.15) is 5.56 Å². The number of benzene rings is 1. The molecule has 1 aromatic carbocycles. The van der Waals surface area contributed by atoms with Gasteiger partial charge in [0.25, 0.3) is 0 Å². The fourth-order valence-electron chi connectivity index (χ4n) is 1.37. The van der Waals surface area contributed by atoms with Crippen LogP contribution < -0.4 is 10.6 Å². The highest BCUT2D eigenvalue weighted by atomic mass is 32.1. The number of rotatable bonds is 2. The molecule has 0 radical (unpaired) electrons. The molecule has 0 atom stereocenters. The number of aryl methyl sites for hydroxylation is 1. The second-order valence-electron chi connectivity index (χ2n) is 3.77. The number of aromatic nitrogens is 1. The van der Waals surface area contributed by atoms with Crippen LogP contribution in [0.4, 0.5) is 10.8 Å². The van der Waals surface area contributed by atoms with Crippen molar-refractivity contribution in [2.75, 3.05) is 10.6 Å². The van der Waals surface area contributed by atoms with Crippen molar-refractivity contribution in [2.24, 2.45) is 0 Å². The molecule has 0 aliphatic rings. The van der Waals surface area contributed by atoms with E-state index in [1.165, 1.54) is 23.6 Å². The summed E-state index contributed by atoms with van der Waals surface area (Å²) >= 11 is 1.21. The predicted molar refractivity (Wildman–Crippen MR) is 72.2 cm³/mol. The quantitative estimate of drug-likeness (QED) is 0.576. The molecule has 1 aromatic heterocycles. The number of nitrogens with zero attached hydrogens (tertiary/aromatic N) is 1. The molecule has 0 aliphatic heterocycles. The van der Waals surface area contributed by atoms with Gasteiger partial charge in [-0.2, -0.15) is 0 Å². The molecule has 0 saturated carbocycles. The molecule has 0 fully saturated rings. The number of phenols is 1. The Bertz CT molecular complexity index is 611. The largest absolute Gasteiger partial charge is 0.506 e. The zero-order valence-electron chi connectivity index (χ0n) is 10.0. The molecule has 19 heavy (non-hydrogen) atoms. The number of hydrogen-bond donors (Lipinski definition) is 3. The zero-order valence-corrected chi connectivity index (χ0v) is 10.8. The summed E-state index contributed by atoms with van der Waals surface area (Å²) in [4.78, 5) is 27.1. The fraction of sp³-hybridized carbons (Fsp3) is 0.0833. The average molecular weight is 277 g/mol. The first-order valence-electron chi connectivity index (χ1n) is 5.37. The van der Waals surface area contributed by atoms with Gasteiger partial charge in [0.2, 0.25) is 0 Å². The third-order valence-electron chi connectivity index (χ3n) is 2.26. The first kappa shape index (κ1) is 13.0. The van der Waals surface area contributed by atoms with Gasteiger partial charge in [0.15, 0.2) is 5.13 Å². The van der Waals surface area contributed by atoms with Crippen molar-refractivity contribution < 1.29 is 14.7 Å². The van der Waals surface area contributed by atoms with Gasteiger partial charge < -0.3 is 10.4 Å². The Labute approximate surface area is 113 Å². The number of nitrogens with one attached hydrogen (secondary N) is 2. The third kappa shape index (κ3) is 3.29. The third-order valence-corrected chi connectivity index (χ3v) is 2.95. The smallest absolute Gasteiger partial charge is 0.315 e. The highest BCUT2D eigenvalue weighted by Gasteiger charge is 2.16. The maximum Gasteiger partial charge on any atom is 0.315 e. The number of carbonyl (C=O) groups excluding carboxylic acids is 2. The van der Waals surface area contributed by atoms with Crippen LogP contribution >= 0.6 is 11.3 Å². The van der Waals surface area contributed by atoms with E-state index in [2.05, 4.69) is 15.6 Å². The van der Waals surface area contributed by atoms with Gasteiger partial charge in [-0.3, -0.25) is 14.9 Å². The minimum absolute atomic E-state index is 0.0963. The molecular formula is C12H11N3O3S. The van der Waals surface area contributed by atoms with Gasteiger partial charge in [-0.25, -0.2) is 4.98 Å². The highest BCUT2D eigenvalue weighted by Crippen LogP contribution is 2.23. The van der Waals surface area contributed by atoms with Crippen LogP contribution in [0.25, 0.3) is 0 Å². The van der Waals surface area contributed by atoms with Crippen molar-refractivity contribution in [3.63, 3.8) is 0 Å². The van der Waals surface area contributed by atoms with Crippen LogP contribution in [0.3, 0.4) is 0 Å². The number of aromatic hydroxyl groups is 1. The van der Waals surface area contributed by atoms with Crippen molar-refractivity contribution >= 4 is 34.0 Å². The number of hydrogen-bond acceptors (Lipinski definition) is 5. The number of carbonyl (C=O) groups is 2. The Hall–Kier alpha value is -2.41. The second kappa shape index (κ2) is 5.49. The summed E-state index contributed by atoms with van der Waals surface area (Å²) in [6.45, 7) is 1.81. The Morgan fingerprint density at radius 1 is 1.26 bits per heavy atom. The molecule has 0 spiro atoms. The maximum absolute atomic E-state index is 11.6. The lowest BCUT2D eigenvalue weighted by Crippen LogP contribution is -2.29. The highest BCUT2D eigenvalue weighted by molar-refractivity contribution is 7.13. The van der Waals surface area contributed by atoms with Gasteiger partial charge in [-0.05, 0) is 24.6 Å². The summed E-state index contributed by atoms with van der Waals surface area (Å²) in [6, 6.07) is 4.72. The zero-order chi connectivity index (χ0) is 13.8. The van der Waals surface area contributed by atoms with Crippen LogP contribution in [-0.2, 0) is 9.59 Å². The van der Waals surface area contributed by atoms with Gasteiger partial charge in [-0.1, -0.05) is 6.07 Å². The van der Waals surface area contributed by atoms with Crippen molar-refractivity contribution in [2.45, 2.75) is 6.92 Å². The summed E-state index contributed by atoms with van der Waals surface area (Å²) in [6.07, 6.45) is 1.52. The second-order valence-corrected chi connectivity index (χ2v) is 4.66. The lowest BCUT2D eigenvalue weighted by Gasteiger charge is -2.07. The number of phenolic OH excluding ortho intramolecular Hbond substituents is 1. The van der Waals surface area contributed by atoms with Gasteiger partial charge in [0, 0.05) is 11.6 Å². The first-order chi connectivity index (χ1) is 9.06. The van der Waals surface area contributed by atoms with Gasteiger partial charge in [0.05, 0.1) is 5.69 Å². The molecule has 0 unspecified atom stereocenters. The molecule has 2 rings (SSSR count).